The number of hydrogen-bond acceptors (Lipinski definition) is 5. The molecule has 1 N–H and O–H groups in total. The lowest BCUT2D eigenvalue weighted by atomic mass is 10.1. The Labute approximate surface area is 133 Å². The summed E-state index contributed by atoms with van der Waals surface area (Å²) in [6.07, 6.45) is 0. The average Bonchev–Trinajstić information content (AvgIpc) is 2.84. The van der Waals surface area contributed by atoms with E-state index in [1.54, 1.807) is 19.1 Å². The molecule has 0 unspecified atom stereocenters. The molecule has 0 atom stereocenters. The normalized spacial score (nSPS) is 11.7. The minimum Gasteiger partial charge on any atom is -0.298 e. The molecule has 0 saturated carbocycles. The van der Waals surface area contributed by atoms with Crippen molar-refractivity contribution in [2.24, 2.45) is 0 Å². The summed E-state index contributed by atoms with van der Waals surface area (Å²) in [6, 6.07) is 4.61. The van der Waals surface area contributed by atoms with E-state index in [-0.39, 0.29) is 16.4 Å². The quantitative estimate of drug-likeness (QED) is 0.927. The number of sulfonamides is 1. The van der Waals surface area contributed by atoms with Gasteiger partial charge in [-0.2, -0.15) is 0 Å². The van der Waals surface area contributed by atoms with Crippen LogP contribution in [0.15, 0.2) is 28.5 Å². The molecule has 2 aromatic rings. The van der Waals surface area contributed by atoms with Crippen molar-refractivity contribution in [1.82, 2.24) is 9.29 Å². The van der Waals surface area contributed by atoms with Gasteiger partial charge in [0, 0.05) is 25.0 Å². The lowest BCUT2D eigenvalue weighted by Crippen LogP contribution is -2.23. The summed E-state index contributed by atoms with van der Waals surface area (Å²) in [4.78, 5) is 16.5. The van der Waals surface area contributed by atoms with Gasteiger partial charge in [0.2, 0.25) is 10.0 Å². The predicted octanol–water partition coefficient (Wildman–Crippen LogP) is 2.26. The Morgan fingerprint density at radius 3 is 2.50 bits per heavy atom. The summed E-state index contributed by atoms with van der Waals surface area (Å²) in [6.45, 7) is 3.53. The van der Waals surface area contributed by atoms with Crippen molar-refractivity contribution in [2.45, 2.75) is 18.7 Å². The maximum Gasteiger partial charge on any atom is 0.257 e. The number of thiazole rings is 1. The van der Waals surface area contributed by atoms with E-state index in [1.165, 1.54) is 31.5 Å². The molecule has 0 bridgehead atoms. The van der Waals surface area contributed by atoms with Gasteiger partial charge in [0.15, 0.2) is 5.13 Å². The van der Waals surface area contributed by atoms with Crippen LogP contribution in [-0.2, 0) is 10.0 Å². The van der Waals surface area contributed by atoms with E-state index in [0.29, 0.717) is 10.7 Å². The molecule has 1 amide bonds. The molecular formula is C14H17N3O3S2. The van der Waals surface area contributed by atoms with Gasteiger partial charge in [-0.1, -0.05) is 6.07 Å². The number of hydrogen-bond donors (Lipinski definition) is 1. The van der Waals surface area contributed by atoms with Crippen LogP contribution in [-0.4, -0.2) is 37.7 Å². The molecule has 22 heavy (non-hydrogen) atoms. The van der Waals surface area contributed by atoms with Crippen LogP contribution in [0.2, 0.25) is 0 Å². The lowest BCUT2D eigenvalue weighted by molar-refractivity contribution is 0.102. The van der Waals surface area contributed by atoms with Crippen LogP contribution < -0.4 is 5.32 Å². The number of benzene rings is 1. The van der Waals surface area contributed by atoms with Gasteiger partial charge >= 0.3 is 0 Å². The first-order valence-electron chi connectivity index (χ1n) is 6.48. The fourth-order valence-electron chi connectivity index (χ4n) is 1.80. The van der Waals surface area contributed by atoms with Gasteiger partial charge < -0.3 is 0 Å². The van der Waals surface area contributed by atoms with Crippen molar-refractivity contribution in [3.63, 3.8) is 0 Å². The van der Waals surface area contributed by atoms with E-state index < -0.39 is 10.0 Å². The fourth-order valence-corrected chi connectivity index (χ4v) is 3.62. The van der Waals surface area contributed by atoms with E-state index >= 15 is 0 Å². The average molecular weight is 339 g/mol. The third-order valence-electron chi connectivity index (χ3n) is 3.05. The topological polar surface area (TPSA) is 79.4 Å². The molecule has 1 aromatic heterocycles. The predicted molar refractivity (Wildman–Crippen MR) is 86.9 cm³/mol. The third kappa shape index (κ3) is 3.34. The highest BCUT2D eigenvalue weighted by atomic mass is 32.2. The molecule has 118 valence electrons. The zero-order valence-corrected chi connectivity index (χ0v) is 14.4. The van der Waals surface area contributed by atoms with Crippen LogP contribution in [0, 0.1) is 13.8 Å². The van der Waals surface area contributed by atoms with Crippen LogP contribution in [0.5, 0.6) is 0 Å². The summed E-state index contributed by atoms with van der Waals surface area (Å²) in [5.41, 5.74) is 1.69. The number of aromatic nitrogens is 1. The van der Waals surface area contributed by atoms with Crippen molar-refractivity contribution in [1.29, 1.82) is 0 Å². The zero-order chi connectivity index (χ0) is 16.5. The highest BCUT2D eigenvalue weighted by Crippen LogP contribution is 2.21. The molecule has 6 nitrogen and oxygen atoms in total. The molecular weight excluding hydrogens is 322 g/mol. The SMILES string of the molecule is Cc1csc(NC(=O)c2ccc(C)c(S(=O)(=O)N(C)C)c2)n1. The molecule has 0 aliphatic rings. The van der Waals surface area contributed by atoms with Crippen molar-refractivity contribution in [3.05, 3.63) is 40.4 Å². The minimum atomic E-state index is -3.59. The second-order valence-corrected chi connectivity index (χ2v) is 7.99. The molecule has 2 rings (SSSR count). The van der Waals surface area contributed by atoms with E-state index in [0.717, 1.165) is 10.00 Å². The number of anilines is 1. The van der Waals surface area contributed by atoms with Gasteiger partial charge in [0.1, 0.15) is 0 Å². The Balaban J connectivity index is 2.35. The van der Waals surface area contributed by atoms with Crippen LogP contribution in [0.1, 0.15) is 21.6 Å². The summed E-state index contributed by atoms with van der Waals surface area (Å²) >= 11 is 1.32. The van der Waals surface area contributed by atoms with Crippen LogP contribution in [0.3, 0.4) is 0 Å². The number of rotatable bonds is 4. The van der Waals surface area contributed by atoms with Crippen molar-refractivity contribution in [2.75, 3.05) is 19.4 Å². The Kier molecular flexibility index (Phi) is 4.64. The Bertz CT molecular complexity index is 810. The van der Waals surface area contributed by atoms with Crippen molar-refractivity contribution < 1.29 is 13.2 Å². The Hall–Kier alpha value is -1.77. The molecule has 1 aromatic carbocycles. The molecule has 0 radical (unpaired) electrons. The van der Waals surface area contributed by atoms with E-state index in [9.17, 15) is 13.2 Å². The summed E-state index contributed by atoms with van der Waals surface area (Å²) in [5.74, 6) is -0.385. The largest absolute Gasteiger partial charge is 0.298 e. The molecule has 0 spiro atoms. The number of amides is 1. The van der Waals surface area contributed by atoms with Crippen LogP contribution in [0.4, 0.5) is 5.13 Å². The van der Waals surface area contributed by atoms with Crippen molar-refractivity contribution in [3.8, 4) is 0 Å². The smallest absolute Gasteiger partial charge is 0.257 e. The molecule has 8 heteroatoms. The summed E-state index contributed by atoms with van der Waals surface area (Å²) < 4.78 is 25.7. The monoisotopic (exact) mass is 339 g/mol. The first-order chi connectivity index (χ1) is 10.2. The van der Waals surface area contributed by atoms with E-state index in [4.69, 9.17) is 0 Å². The fraction of sp³-hybridized carbons (Fsp3) is 0.286. The number of carbonyl (C=O) groups excluding carboxylic acids is 1. The minimum absolute atomic E-state index is 0.125. The maximum absolute atomic E-state index is 12.3. The third-order valence-corrected chi connectivity index (χ3v) is 5.88. The van der Waals surface area contributed by atoms with Crippen LogP contribution in [0.25, 0.3) is 0 Å². The zero-order valence-electron chi connectivity index (χ0n) is 12.7. The first-order valence-corrected chi connectivity index (χ1v) is 8.80. The second-order valence-electron chi connectivity index (χ2n) is 5.02. The molecule has 0 aliphatic carbocycles. The van der Waals surface area contributed by atoms with Gasteiger partial charge in [0.05, 0.1) is 10.6 Å². The number of nitrogens with one attached hydrogen (secondary N) is 1. The van der Waals surface area contributed by atoms with Crippen LogP contribution >= 0.6 is 11.3 Å². The van der Waals surface area contributed by atoms with E-state index in [2.05, 4.69) is 10.3 Å². The Morgan fingerprint density at radius 2 is 1.95 bits per heavy atom. The van der Waals surface area contributed by atoms with Gasteiger partial charge in [-0.15, -0.1) is 11.3 Å². The summed E-state index contributed by atoms with van der Waals surface area (Å²) in [5, 5.41) is 4.98. The maximum atomic E-state index is 12.3. The lowest BCUT2D eigenvalue weighted by Gasteiger charge is -2.14. The van der Waals surface area contributed by atoms with Gasteiger partial charge in [-0.25, -0.2) is 17.7 Å². The van der Waals surface area contributed by atoms with E-state index in [1.807, 2.05) is 12.3 Å². The second kappa shape index (κ2) is 6.15. The number of carbonyl (C=O) groups is 1. The van der Waals surface area contributed by atoms with Gasteiger partial charge in [-0.3, -0.25) is 10.1 Å². The number of nitrogens with zero attached hydrogens (tertiary/aromatic N) is 2. The first kappa shape index (κ1) is 16.6. The molecule has 1 heterocycles. The summed E-state index contributed by atoms with van der Waals surface area (Å²) in [7, 11) is -0.676. The van der Waals surface area contributed by atoms with Crippen molar-refractivity contribution >= 4 is 32.4 Å². The molecule has 0 aliphatic heterocycles. The standard InChI is InChI=1S/C14H17N3O3S2/c1-9-5-6-11(7-12(9)22(19,20)17(3)4)13(18)16-14-15-10(2)8-21-14/h5-8H,1-4H3,(H,15,16,18). The highest BCUT2D eigenvalue weighted by molar-refractivity contribution is 7.89. The Morgan fingerprint density at radius 1 is 1.27 bits per heavy atom. The molecule has 0 saturated heterocycles. The van der Waals surface area contributed by atoms with Gasteiger partial charge in [-0.05, 0) is 31.5 Å². The number of aryl methyl sites for hydroxylation is 2. The molecule has 0 fully saturated rings. The van der Waals surface area contributed by atoms with Gasteiger partial charge in [0.25, 0.3) is 5.91 Å². The highest BCUT2D eigenvalue weighted by Gasteiger charge is 2.21.